The van der Waals surface area contributed by atoms with Gasteiger partial charge in [-0.05, 0) is 39.5 Å². The number of hydrogen-bond acceptors (Lipinski definition) is 2. The van der Waals surface area contributed by atoms with Crippen molar-refractivity contribution in [2.24, 2.45) is 10.4 Å². The molecule has 0 radical (unpaired) electrons. The highest BCUT2D eigenvalue weighted by atomic mass is 16.5. The molecule has 0 aliphatic carbocycles. The predicted molar refractivity (Wildman–Crippen MR) is 99.6 cm³/mol. The van der Waals surface area contributed by atoms with Crippen molar-refractivity contribution in [3.8, 4) is 0 Å². The van der Waals surface area contributed by atoms with Crippen LogP contribution in [-0.2, 0) is 15.6 Å². The fourth-order valence-corrected chi connectivity index (χ4v) is 2.59. The van der Waals surface area contributed by atoms with Gasteiger partial charge in [-0.15, -0.1) is 0 Å². The highest BCUT2D eigenvalue weighted by Crippen LogP contribution is 2.32. The summed E-state index contributed by atoms with van der Waals surface area (Å²) < 4.78 is 5.96. The third-order valence-corrected chi connectivity index (χ3v) is 4.56. The quantitative estimate of drug-likeness (QED) is 0.673. The summed E-state index contributed by atoms with van der Waals surface area (Å²) in [5, 5.41) is 0. The maximum atomic E-state index is 5.96. The molecule has 0 saturated carbocycles. The summed E-state index contributed by atoms with van der Waals surface area (Å²) in [6, 6.07) is 7.06. The molecule has 0 N–H and O–H groups in total. The molecule has 0 bridgehead atoms. The summed E-state index contributed by atoms with van der Waals surface area (Å²) in [6.45, 7) is 20.9. The first kappa shape index (κ1) is 18.0. The van der Waals surface area contributed by atoms with Crippen LogP contribution < -0.4 is 0 Å². The lowest BCUT2D eigenvalue weighted by Crippen LogP contribution is -2.25. The van der Waals surface area contributed by atoms with E-state index in [0.717, 1.165) is 11.5 Å². The molecule has 1 unspecified atom stereocenters. The van der Waals surface area contributed by atoms with Crippen LogP contribution in [-0.4, -0.2) is 18.5 Å². The number of hydrogen-bond donors (Lipinski definition) is 0. The molecule has 1 aliphatic heterocycles. The van der Waals surface area contributed by atoms with E-state index in [9.17, 15) is 0 Å². The summed E-state index contributed by atoms with van der Waals surface area (Å²) in [4.78, 5) is 4.87. The van der Waals surface area contributed by atoms with E-state index in [1.54, 1.807) is 0 Å². The zero-order valence-corrected chi connectivity index (χ0v) is 16.4. The van der Waals surface area contributed by atoms with Crippen molar-refractivity contribution in [1.29, 1.82) is 0 Å². The van der Waals surface area contributed by atoms with Crippen molar-refractivity contribution in [1.82, 2.24) is 0 Å². The van der Waals surface area contributed by atoms with Crippen molar-refractivity contribution >= 4 is 5.90 Å². The largest absolute Gasteiger partial charge is 0.475 e. The third kappa shape index (κ3) is 4.16. The summed E-state index contributed by atoms with van der Waals surface area (Å²) in [6.07, 6.45) is 0. The fraction of sp³-hybridized carbons (Fsp3) is 0.667. The highest BCUT2D eigenvalue weighted by Gasteiger charge is 2.31. The average Bonchev–Trinajstić information content (AvgIpc) is 2.85. The van der Waals surface area contributed by atoms with Crippen molar-refractivity contribution in [2.45, 2.75) is 79.2 Å². The van der Waals surface area contributed by atoms with Gasteiger partial charge in [-0.3, -0.25) is 0 Å². The zero-order valence-electron chi connectivity index (χ0n) is 16.4. The van der Waals surface area contributed by atoms with Gasteiger partial charge in [0.25, 0.3) is 0 Å². The highest BCUT2D eigenvalue weighted by molar-refractivity contribution is 5.95. The van der Waals surface area contributed by atoms with E-state index in [0.29, 0.717) is 6.61 Å². The van der Waals surface area contributed by atoms with Crippen LogP contribution in [0.4, 0.5) is 0 Å². The van der Waals surface area contributed by atoms with Crippen LogP contribution in [0.15, 0.2) is 23.2 Å². The van der Waals surface area contributed by atoms with E-state index in [2.05, 4.69) is 80.5 Å². The minimum absolute atomic E-state index is 0.110. The monoisotopic (exact) mass is 315 g/mol. The lowest BCUT2D eigenvalue weighted by molar-refractivity contribution is 0.236. The Morgan fingerprint density at radius 1 is 0.826 bits per heavy atom. The van der Waals surface area contributed by atoms with E-state index in [4.69, 9.17) is 9.73 Å². The number of benzene rings is 1. The Labute approximate surface area is 142 Å². The Balaban J connectivity index is 2.51. The molecule has 2 heteroatoms. The Kier molecular flexibility index (Phi) is 4.43. The summed E-state index contributed by atoms with van der Waals surface area (Å²) in [7, 11) is 0. The molecule has 2 rings (SSSR count). The molecule has 0 saturated heterocycles. The van der Waals surface area contributed by atoms with E-state index in [-0.39, 0.29) is 22.3 Å². The molecule has 1 aliphatic rings. The third-order valence-electron chi connectivity index (χ3n) is 4.56. The standard InChI is InChI=1S/C21H33NO/c1-19(2,3)15-10-14(11-16(12-15)20(4,5)6)18-22-17(13-23-18)21(7,8)9/h10-12,17H,13H2,1-9H3. The normalized spacial score (nSPS) is 19.5. The molecule has 1 heterocycles. The van der Waals surface area contributed by atoms with E-state index in [1.807, 2.05) is 0 Å². The van der Waals surface area contributed by atoms with Gasteiger partial charge in [0, 0.05) is 5.56 Å². The molecule has 0 aromatic heterocycles. The molecule has 1 atom stereocenters. The summed E-state index contributed by atoms with van der Waals surface area (Å²) in [5.41, 5.74) is 4.15. The Morgan fingerprint density at radius 3 is 1.65 bits per heavy atom. The van der Waals surface area contributed by atoms with E-state index < -0.39 is 0 Å². The molecule has 0 amide bonds. The Hall–Kier alpha value is -1.31. The predicted octanol–water partition coefficient (Wildman–Crippen LogP) is 5.47. The smallest absolute Gasteiger partial charge is 0.216 e. The second kappa shape index (κ2) is 5.65. The summed E-state index contributed by atoms with van der Waals surface area (Å²) in [5.74, 6) is 0.807. The molecule has 0 fully saturated rings. The first-order valence-corrected chi connectivity index (χ1v) is 8.65. The molecule has 1 aromatic carbocycles. The van der Waals surface area contributed by atoms with Crippen LogP contribution in [0.25, 0.3) is 0 Å². The molecular weight excluding hydrogens is 282 g/mol. The lowest BCUT2D eigenvalue weighted by atomic mass is 9.79. The molecule has 23 heavy (non-hydrogen) atoms. The van der Waals surface area contributed by atoms with Crippen LogP contribution in [0, 0.1) is 5.41 Å². The minimum Gasteiger partial charge on any atom is -0.475 e. The van der Waals surface area contributed by atoms with Gasteiger partial charge in [-0.2, -0.15) is 0 Å². The van der Waals surface area contributed by atoms with Gasteiger partial charge in [0.15, 0.2) is 0 Å². The molecule has 128 valence electrons. The maximum Gasteiger partial charge on any atom is 0.216 e. The minimum atomic E-state index is 0.110. The topological polar surface area (TPSA) is 21.6 Å². The number of rotatable bonds is 1. The number of aliphatic imine (C=N–C) groups is 1. The Morgan fingerprint density at radius 2 is 1.30 bits per heavy atom. The average molecular weight is 316 g/mol. The Bertz CT molecular complexity index is 574. The van der Waals surface area contributed by atoms with Gasteiger partial charge in [0.2, 0.25) is 5.90 Å². The maximum absolute atomic E-state index is 5.96. The SMILES string of the molecule is CC(C)(C)c1cc(C2=NC(C(C)(C)C)CO2)cc(C(C)(C)C)c1. The molecule has 2 nitrogen and oxygen atoms in total. The van der Waals surface area contributed by atoms with Crippen LogP contribution >= 0.6 is 0 Å². The van der Waals surface area contributed by atoms with E-state index in [1.165, 1.54) is 11.1 Å². The van der Waals surface area contributed by atoms with Gasteiger partial charge in [-0.25, -0.2) is 4.99 Å². The van der Waals surface area contributed by atoms with Crippen molar-refractivity contribution in [3.63, 3.8) is 0 Å². The van der Waals surface area contributed by atoms with Crippen LogP contribution in [0.3, 0.4) is 0 Å². The molecular formula is C21H33NO. The van der Waals surface area contributed by atoms with Crippen molar-refractivity contribution in [3.05, 3.63) is 34.9 Å². The second-order valence-electron chi connectivity index (χ2n) is 9.93. The summed E-state index contributed by atoms with van der Waals surface area (Å²) >= 11 is 0. The van der Waals surface area contributed by atoms with Crippen LogP contribution in [0.5, 0.6) is 0 Å². The number of ether oxygens (including phenoxy) is 1. The first-order chi connectivity index (χ1) is 10.3. The van der Waals surface area contributed by atoms with Gasteiger partial charge < -0.3 is 4.74 Å². The molecule has 0 spiro atoms. The van der Waals surface area contributed by atoms with Gasteiger partial charge >= 0.3 is 0 Å². The van der Waals surface area contributed by atoms with Crippen molar-refractivity contribution in [2.75, 3.05) is 6.61 Å². The first-order valence-electron chi connectivity index (χ1n) is 8.65. The van der Waals surface area contributed by atoms with Crippen molar-refractivity contribution < 1.29 is 4.74 Å². The van der Waals surface area contributed by atoms with Gasteiger partial charge in [-0.1, -0.05) is 68.4 Å². The fourth-order valence-electron chi connectivity index (χ4n) is 2.59. The van der Waals surface area contributed by atoms with Gasteiger partial charge in [0.05, 0.1) is 6.04 Å². The lowest BCUT2D eigenvalue weighted by Gasteiger charge is -2.26. The second-order valence-corrected chi connectivity index (χ2v) is 9.93. The van der Waals surface area contributed by atoms with Gasteiger partial charge in [0.1, 0.15) is 6.61 Å². The zero-order chi connectivity index (χ0) is 17.6. The van der Waals surface area contributed by atoms with E-state index >= 15 is 0 Å². The number of nitrogens with zero attached hydrogens (tertiary/aromatic N) is 1. The van der Waals surface area contributed by atoms with Crippen LogP contribution in [0.1, 0.15) is 79.0 Å². The van der Waals surface area contributed by atoms with Crippen LogP contribution in [0.2, 0.25) is 0 Å². The molecule has 1 aromatic rings.